The number of methoxy groups -OCH3 is 3. The van der Waals surface area contributed by atoms with Crippen molar-refractivity contribution < 1.29 is 19.3 Å². The van der Waals surface area contributed by atoms with E-state index >= 15 is 0 Å². The lowest BCUT2D eigenvalue weighted by Gasteiger charge is -2.28. The van der Waals surface area contributed by atoms with Crippen LogP contribution in [0.2, 0.25) is 0 Å². The third-order valence-corrected chi connectivity index (χ3v) is 3.11. The van der Waals surface area contributed by atoms with Gasteiger partial charge in [0, 0.05) is 17.8 Å². The molecule has 0 aliphatic rings. The standard InChI is InChI=1S/C14H23NO4/c1-9(14(2,3)16)15-10-7-11(17-4)13(19-6)12(8-10)18-5/h7-9,15-16H,1-6H3. The van der Waals surface area contributed by atoms with E-state index in [1.54, 1.807) is 35.2 Å². The third-order valence-electron chi connectivity index (χ3n) is 3.11. The van der Waals surface area contributed by atoms with Crippen molar-refractivity contribution in [3.8, 4) is 17.2 Å². The molecule has 19 heavy (non-hydrogen) atoms. The van der Waals surface area contributed by atoms with E-state index in [-0.39, 0.29) is 6.04 Å². The van der Waals surface area contributed by atoms with E-state index in [0.29, 0.717) is 17.2 Å². The van der Waals surface area contributed by atoms with E-state index in [0.717, 1.165) is 5.69 Å². The fraction of sp³-hybridized carbons (Fsp3) is 0.571. The lowest BCUT2D eigenvalue weighted by molar-refractivity contribution is 0.0649. The minimum absolute atomic E-state index is 0.129. The molecular formula is C14H23NO4. The first-order valence-electron chi connectivity index (χ1n) is 6.12. The van der Waals surface area contributed by atoms with E-state index in [9.17, 15) is 5.11 Å². The number of rotatable bonds is 6. The highest BCUT2D eigenvalue weighted by molar-refractivity contribution is 5.62. The topological polar surface area (TPSA) is 60.0 Å². The largest absolute Gasteiger partial charge is 0.493 e. The number of aliphatic hydroxyl groups is 1. The maximum Gasteiger partial charge on any atom is 0.203 e. The average molecular weight is 269 g/mol. The molecule has 5 heteroatoms. The Morgan fingerprint density at radius 1 is 1.05 bits per heavy atom. The fourth-order valence-electron chi connectivity index (χ4n) is 1.59. The normalized spacial score (nSPS) is 12.8. The predicted molar refractivity (Wildman–Crippen MR) is 75.5 cm³/mol. The second-order valence-corrected chi connectivity index (χ2v) is 4.93. The van der Waals surface area contributed by atoms with Crippen LogP contribution in [0.3, 0.4) is 0 Å². The van der Waals surface area contributed by atoms with Crippen LogP contribution < -0.4 is 19.5 Å². The first kappa shape index (κ1) is 15.4. The maximum atomic E-state index is 9.95. The molecule has 0 aliphatic carbocycles. The molecule has 0 fully saturated rings. The van der Waals surface area contributed by atoms with Crippen molar-refractivity contribution in [2.24, 2.45) is 0 Å². The number of hydrogen-bond donors (Lipinski definition) is 2. The van der Waals surface area contributed by atoms with Crippen molar-refractivity contribution in [2.45, 2.75) is 32.4 Å². The van der Waals surface area contributed by atoms with Crippen molar-refractivity contribution in [2.75, 3.05) is 26.6 Å². The van der Waals surface area contributed by atoms with Gasteiger partial charge < -0.3 is 24.6 Å². The van der Waals surface area contributed by atoms with Crippen molar-refractivity contribution in [3.05, 3.63) is 12.1 Å². The summed E-state index contributed by atoms with van der Waals surface area (Å²) >= 11 is 0. The summed E-state index contributed by atoms with van der Waals surface area (Å²) in [6.45, 7) is 5.41. The molecule has 108 valence electrons. The molecule has 0 spiro atoms. The summed E-state index contributed by atoms with van der Waals surface area (Å²) < 4.78 is 15.8. The zero-order valence-electron chi connectivity index (χ0n) is 12.4. The predicted octanol–water partition coefficient (Wildman–Crippen LogP) is 2.28. The van der Waals surface area contributed by atoms with Crippen molar-refractivity contribution >= 4 is 5.69 Å². The Balaban J connectivity index is 3.10. The SMILES string of the molecule is COc1cc(NC(C)C(C)(C)O)cc(OC)c1OC. The van der Waals surface area contributed by atoms with E-state index in [4.69, 9.17) is 14.2 Å². The summed E-state index contributed by atoms with van der Waals surface area (Å²) in [6.07, 6.45) is 0. The van der Waals surface area contributed by atoms with Gasteiger partial charge in [-0.2, -0.15) is 0 Å². The van der Waals surface area contributed by atoms with E-state index < -0.39 is 5.60 Å². The zero-order chi connectivity index (χ0) is 14.6. The van der Waals surface area contributed by atoms with Crippen LogP contribution in [0.15, 0.2) is 12.1 Å². The molecule has 0 amide bonds. The molecular weight excluding hydrogens is 246 g/mol. The molecule has 1 aromatic rings. The molecule has 1 aromatic carbocycles. The molecule has 0 aliphatic heterocycles. The Kier molecular flexibility index (Phi) is 4.89. The van der Waals surface area contributed by atoms with Crippen LogP contribution in [0.1, 0.15) is 20.8 Å². The van der Waals surface area contributed by atoms with Crippen LogP contribution in [0.5, 0.6) is 17.2 Å². The lowest BCUT2D eigenvalue weighted by atomic mass is 10.0. The Hall–Kier alpha value is -1.62. The van der Waals surface area contributed by atoms with E-state index in [1.165, 1.54) is 0 Å². The fourth-order valence-corrected chi connectivity index (χ4v) is 1.59. The molecule has 1 unspecified atom stereocenters. The minimum Gasteiger partial charge on any atom is -0.493 e. The van der Waals surface area contributed by atoms with Crippen LogP contribution in [-0.4, -0.2) is 38.1 Å². The molecule has 2 N–H and O–H groups in total. The van der Waals surface area contributed by atoms with Crippen molar-refractivity contribution in [3.63, 3.8) is 0 Å². The van der Waals surface area contributed by atoms with Crippen molar-refractivity contribution in [1.29, 1.82) is 0 Å². The maximum absolute atomic E-state index is 9.95. The Labute approximate surface area is 114 Å². The van der Waals surface area contributed by atoms with Gasteiger partial charge in [0.25, 0.3) is 0 Å². The molecule has 5 nitrogen and oxygen atoms in total. The Bertz CT molecular complexity index is 401. The van der Waals surface area contributed by atoms with Gasteiger partial charge in [-0.05, 0) is 20.8 Å². The van der Waals surface area contributed by atoms with Crippen LogP contribution in [0, 0.1) is 0 Å². The van der Waals surface area contributed by atoms with Crippen LogP contribution in [-0.2, 0) is 0 Å². The van der Waals surface area contributed by atoms with Gasteiger partial charge in [-0.25, -0.2) is 0 Å². The molecule has 1 rings (SSSR count). The lowest BCUT2D eigenvalue weighted by Crippen LogP contribution is -2.39. The minimum atomic E-state index is -0.833. The van der Waals surface area contributed by atoms with Crippen molar-refractivity contribution in [1.82, 2.24) is 0 Å². The van der Waals surface area contributed by atoms with Gasteiger partial charge in [-0.15, -0.1) is 0 Å². The quantitative estimate of drug-likeness (QED) is 0.829. The Morgan fingerprint density at radius 2 is 1.53 bits per heavy atom. The molecule has 0 saturated carbocycles. The van der Waals surface area contributed by atoms with Gasteiger partial charge in [-0.1, -0.05) is 0 Å². The van der Waals surface area contributed by atoms with E-state index in [2.05, 4.69) is 5.32 Å². The monoisotopic (exact) mass is 269 g/mol. The summed E-state index contributed by atoms with van der Waals surface area (Å²) in [5.74, 6) is 1.70. The van der Waals surface area contributed by atoms with Gasteiger partial charge in [0.05, 0.1) is 33.0 Å². The number of ether oxygens (including phenoxy) is 3. The van der Waals surface area contributed by atoms with Gasteiger partial charge in [-0.3, -0.25) is 0 Å². The Morgan fingerprint density at radius 3 is 1.84 bits per heavy atom. The summed E-state index contributed by atoms with van der Waals surface area (Å²) in [6, 6.07) is 3.49. The van der Waals surface area contributed by atoms with Gasteiger partial charge in [0.1, 0.15) is 0 Å². The second kappa shape index (κ2) is 6.02. The number of anilines is 1. The number of hydrogen-bond acceptors (Lipinski definition) is 5. The third kappa shape index (κ3) is 3.67. The summed E-state index contributed by atoms with van der Waals surface area (Å²) in [5.41, 5.74) is -0.0375. The molecule has 0 radical (unpaired) electrons. The first-order valence-corrected chi connectivity index (χ1v) is 6.12. The van der Waals surface area contributed by atoms with Gasteiger partial charge in [0.15, 0.2) is 11.5 Å². The second-order valence-electron chi connectivity index (χ2n) is 4.93. The highest BCUT2D eigenvalue weighted by Gasteiger charge is 2.23. The first-order chi connectivity index (χ1) is 8.83. The molecule has 0 bridgehead atoms. The summed E-state index contributed by atoms with van der Waals surface area (Å²) in [5, 5.41) is 13.2. The zero-order valence-corrected chi connectivity index (χ0v) is 12.4. The van der Waals surface area contributed by atoms with E-state index in [1.807, 2.05) is 19.1 Å². The van der Waals surface area contributed by atoms with Gasteiger partial charge in [0.2, 0.25) is 5.75 Å². The van der Waals surface area contributed by atoms with Crippen LogP contribution >= 0.6 is 0 Å². The molecule has 0 saturated heterocycles. The van der Waals surface area contributed by atoms with Gasteiger partial charge >= 0.3 is 0 Å². The molecule has 0 aromatic heterocycles. The summed E-state index contributed by atoms with van der Waals surface area (Å²) in [7, 11) is 4.70. The highest BCUT2D eigenvalue weighted by Crippen LogP contribution is 2.40. The molecule has 0 heterocycles. The average Bonchev–Trinajstić information content (AvgIpc) is 2.36. The molecule has 1 atom stereocenters. The smallest absolute Gasteiger partial charge is 0.203 e. The van der Waals surface area contributed by atoms with Crippen LogP contribution in [0.4, 0.5) is 5.69 Å². The number of nitrogens with one attached hydrogen (secondary N) is 1. The van der Waals surface area contributed by atoms with Crippen LogP contribution in [0.25, 0.3) is 0 Å². The number of benzene rings is 1. The summed E-state index contributed by atoms with van der Waals surface area (Å²) in [4.78, 5) is 0. The highest BCUT2D eigenvalue weighted by atomic mass is 16.5.